The first-order valence-corrected chi connectivity index (χ1v) is 12.9. The average Bonchev–Trinajstić information content (AvgIpc) is 3.29. The van der Waals surface area contributed by atoms with Gasteiger partial charge in [0.05, 0.1) is 11.8 Å². The molecule has 0 saturated heterocycles. The van der Waals surface area contributed by atoms with Crippen molar-refractivity contribution in [3.05, 3.63) is 74.7 Å². The monoisotopic (exact) mass is 526 g/mol. The molecule has 0 spiro atoms. The number of fused-ring (bicyclic) bond motifs is 3. The number of hydrogen-bond acceptors (Lipinski definition) is 5. The van der Waals surface area contributed by atoms with E-state index < -0.39 is 29.1 Å². The largest absolute Gasteiger partial charge is 0.478 e. The van der Waals surface area contributed by atoms with Crippen molar-refractivity contribution >= 4 is 34.4 Å². The molecule has 1 aliphatic carbocycles. The lowest BCUT2D eigenvalue weighted by Crippen LogP contribution is -2.13. The SMILES string of the molecule is CCC(CCc1cccc2c1CCc1sc(NC(=O)c3cc(F)c(/C=C(\C)C(=O)O)c(F)c3)nc1-2)OC. The Kier molecular flexibility index (Phi) is 8.14. The van der Waals surface area contributed by atoms with Crippen LogP contribution in [0.4, 0.5) is 13.9 Å². The van der Waals surface area contributed by atoms with Crippen LogP contribution in [0.25, 0.3) is 17.3 Å². The number of carbonyl (C=O) groups excluding carboxylic acids is 1. The molecular formula is C28H28F2N2O4S. The number of amides is 1. The van der Waals surface area contributed by atoms with Crippen LogP contribution in [0.15, 0.2) is 35.9 Å². The number of carboxylic acid groups (broad SMARTS) is 1. The van der Waals surface area contributed by atoms with Crippen LogP contribution < -0.4 is 5.32 Å². The topological polar surface area (TPSA) is 88.5 Å². The lowest BCUT2D eigenvalue weighted by atomic mass is 9.87. The van der Waals surface area contributed by atoms with Gasteiger partial charge in [-0.2, -0.15) is 0 Å². The Bertz CT molecular complexity index is 1360. The smallest absolute Gasteiger partial charge is 0.331 e. The normalized spacial score (nSPS) is 13.6. The van der Waals surface area contributed by atoms with Crippen molar-refractivity contribution in [3.8, 4) is 11.3 Å². The average molecular weight is 527 g/mol. The van der Waals surface area contributed by atoms with Crippen molar-refractivity contribution in [2.24, 2.45) is 0 Å². The molecule has 2 aromatic carbocycles. The van der Waals surface area contributed by atoms with E-state index in [0.29, 0.717) is 5.13 Å². The molecule has 0 saturated carbocycles. The maximum Gasteiger partial charge on any atom is 0.331 e. The van der Waals surface area contributed by atoms with Gasteiger partial charge in [-0.1, -0.05) is 25.1 Å². The summed E-state index contributed by atoms with van der Waals surface area (Å²) >= 11 is 1.35. The Morgan fingerprint density at radius 1 is 1.24 bits per heavy atom. The van der Waals surface area contributed by atoms with Crippen LogP contribution in [0.3, 0.4) is 0 Å². The van der Waals surface area contributed by atoms with Crippen LogP contribution in [-0.4, -0.2) is 35.2 Å². The minimum atomic E-state index is -1.29. The van der Waals surface area contributed by atoms with E-state index in [0.717, 1.165) is 66.4 Å². The van der Waals surface area contributed by atoms with Gasteiger partial charge in [0.15, 0.2) is 5.13 Å². The van der Waals surface area contributed by atoms with E-state index in [1.54, 1.807) is 7.11 Å². The Labute approximate surface area is 218 Å². The number of aliphatic carboxylic acids is 1. The van der Waals surface area contributed by atoms with Crippen molar-refractivity contribution in [3.63, 3.8) is 0 Å². The van der Waals surface area contributed by atoms with E-state index in [2.05, 4.69) is 23.3 Å². The zero-order valence-corrected chi connectivity index (χ0v) is 21.7. The second-order valence-electron chi connectivity index (χ2n) is 8.98. The maximum atomic E-state index is 14.5. The molecule has 0 radical (unpaired) electrons. The van der Waals surface area contributed by atoms with E-state index >= 15 is 0 Å². The minimum Gasteiger partial charge on any atom is -0.478 e. The standard InChI is InChI=1S/C28H28F2N2O4S/c1-4-18(36-3)9-8-16-6-5-7-20-19(16)10-11-24-25(20)31-28(37-24)32-26(33)17-13-22(29)21(23(30)14-17)12-15(2)27(34)35/h5-7,12-14,18H,4,8-11H2,1-3H3,(H,34,35)(H,31,32,33)/b15-12+. The Morgan fingerprint density at radius 3 is 2.62 bits per heavy atom. The number of carboxylic acids is 1. The lowest BCUT2D eigenvalue weighted by Gasteiger charge is -2.20. The van der Waals surface area contributed by atoms with Gasteiger partial charge in [0.25, 0.3) is 5.91 Å². The van der Waals surface area contributed by atoms with Crippen molar-refractivity contribution in [1.29, 1.82) is 0 Å². The third-order valence-corrected chi connectivity index (χ3v) is 7.64. The fourth-order valence-corrected chi connectivity index (χ4v) is 5.49. The number of methoxy groups -OCH3 is 1. The molecule has 1 aliphatic rings. The molecule has 1 atom stereocenters. The number of nitrogens with one attached hydrogen (secondary N) is 1. The number of benzene rings is 2. The number of carbonyl (C=O) groups is 2. The first-order chi connectivity index (χ1) is 17.7. The van der Waals surface area contributed by atoms with Gasteiger partial charge in [-0.05, 0) is 68.4 Å². The molecular weight excluding hydrogens is 498 g/mol. The number of aryl methyl sites for hydroxylation is 2. The second-order valence-corrected chi connectivity index (χ2v) is 10.1. The van der Waals surface area contributed by atoms with Gasteiger partial charge in [-0.15, -0.1) is 11.3 Å². The second kappa shape index (κ2) is 11.3. The van der Waals surface area contributed by atoms with Gasteiger partial charge in [-0.25, -0.2) is 18.6 Å². The highest BCUT2D eigenvalue weighted by Crippen LogP contribution is 2.39. The molecule has 4 rings (SSSR count). The zero-order chi connectivity index (χ0) is 26.7. The summed E-state index contributed by atoms with van der Waals surface area (Å²) in [5, 5.41) is 12.0. The van der Waals surface area contributed by atoms with Crippen LogP contribution >= 0.6 is 11.3 Å². The Hall–Kier alpha value is -3.43. The molecule has 37 heavy (non-hydrogen) atoms. The quantitative estimate of drug-likeness (QED) is 0.320. The van der Waals surface area contributed by atoms with Gasteiger partial charge in [0, 0.05) is 34.3 Å². The van der Waals surface area contributed by atoms with Crippen molar-refractivity contribution in [2.75, 3.05) is 12.4 Å². The number of rotatable bonds is 9. The van der Waals surface area contributed by atoms with E-state index in [4.69, 9.17) is 9.84 Å². The van der Waals surface area contributed by atoms with Gasteiger partial charge in [0.1, 0.15) is 11.6 Å². The van der Waals surface area contributed by atoms with Crippen LogP contribution in [0, 0.1) is 11.6 Å². The maximum absolute atomic E-state index is 14.5. The van der Waals surface area contributed by atoms with Crippen LogP contribution in [0.5, 0.6) is 0 Å². The van der Waals surface area contributed by atoms with Crippen molar-refractivity contribution in [1.82, 2.24) is 4.98 Å². The van der Waals surface area contributed by atoms with E-state index in [1.165, 1.54) is 29.4 Å². The lowest BCUT2D eigenvalue weighted by molar-refractivity contribution is -0.132. The zero-order valence-electron chi connectivity index (χ0n) is 20.9. The minimum absolute atomic E-state index is 0.219. The Morgan fingerprint density at radius 2 is 1.97 bits per heavy atom. The fourth-order valence-electron chi connectivity index (χ4n) is 4.52. The molecule has 3 aromatic rings. The molecule has 2 N–H and O–H groups in total. The summed E-state index contributed by atoms with van der Waals surface area (Å²) < 4.78 is 34.5. The molecule has 194 valence electrons. The predicted molar refractivity (Wildman–Crippen MR) is 140 cm³/mol. The van der Waals surface area contributed by atoms with Crippen LogP contribution in [0.1, 0.15) is 58.6 Å². The number of nitrogens with zero attached hydrogens (tertiary/aromatic N) is 1. The van der Waals surface area contributed by atoms with E-state index in [-0.39, 0.29) is 17.2 Å². The number of hydrogen-bond donors (Lipinski definition) is 2. The molecule has 0 aliphatic heterocycles. The molecule has 9 heteroatoms. The molecule has 0 fully saturated rings. The summed E-state index contributed by atoms with van der Waals surface area (Å²) in [6.45, 7) is 3.34. The molecule has 1 amide bonds. The van der Waals surface area contributed by atoms with Gasteiger partial charge < -0.3 is 9.84 Å². The third-order valence-electron chi connectivity index (χ3n) is 6.61. The van der Waals surface area contributed by atoms with Gasteiger partial charge >= 0.3 is 5.97 Å². The van der Waals surface area contributed by atoms with Crippen molar-refractivity contribution < 1.29 is 28.2 Å². The number of thiazole rings is 1. The molecule has 6 nitrogen and oxygen atoms in total. The van der Waals surface area contributed by atoms with Crippen LogP contribution in [-0.2, 0) is 28.8 Å². The highest BCUT2D eigenvalue weighted by atomic mass is 32.1. The number of anilines is 1. The van der Waals surface area contributed by atoms with Gasteiger partial charge in [-0.3, -0.25) is 10.1 Å². The third kappa shape index (κ3) is 5.78. The molecule has 1 heterocycles. The summed E-state index contributed by atoms with van der Waals surface area (Å²) in [5.41, 5.74) is 3.44. The Balaban J connectivity index is 1.55. The molecule has 1 aromatic heterocycles. The highest BCUT2D eigenvalue weighted by Gasteiger charge is 2.24. The number of halogens is 2. The summed E-state index contributed by atoms with van der Waals surface area (Å²) in [5.74, 6) is -4.04. The molecule has 0 bridgehead atoms. The predicted octanol–water partition coefficient (Wildman–Crippen LogP) is 6.28. The van der Waals surface area contributed by atoms with E-state index in [1.807, 2.05) is 12.1 Å². The van der Waals surface area contributed by atoms with Crippen LogP contribution in [0.2, 0.25) is 0 Å². The number of ether oxygens (including phenoxy) is 1. The van der Waals surface area contributed by atoms with Gasteiger partial charge in [0.2, 0.25) is 0 Å². The van der Waals surface area contributed by atoms with E-state index in [9.17, 15) is 18.4 Å². The fraction of sp³-hybridized carbons (Fsp3) is 0.321. The summed E-state index contributed by atoms with van der Waals surface area (Å²) in [6.07, 6.45) is 5.59. The van der Waals surface area contributed by atoms with Crippen molar-refractivity contribution in [2.45, 2.75) is 52.1 Å². The first-order valence-electron chi connectivity index (χ1n) is 12.1. The molecule has 1 unspecified atom stereocenters. The highest BCUT2D eigenvalue weighted by molar-refractivity contribution is 7.16. The summed E-state index contributed by atoms with van der Waals surface area (Å²) in [6, 6.07) is 7.96. The number of aromatic nitrogens is 1. The first kappa shape index (κ1) is 26.6. The summed E-state index contributed by atoms with van der Waals surface area (Å²) in [4.78, 5) is 29.5. The summed E-state index contributed by atoms with van der Waals surface area (Å²) in [7, 11) is 1.74.